The molecule has 2 aromatic rings. The lowest BCUT2D eigenvalue weighted by molar-refractivity contribution is 0.100. The first kappa shape index (κ1) is 14.0. The predicted molar refractivity (Wildman–Crippen MR) is 75.4 cm³/mol. The van der Waals surface area contributed by atoms with Crippen LogP contribution in [0.25, 0.3) is 0 Å². The summed E-state index contributed by atoms with van der Waals surface area (Å²) in [5.41, 5.74) is 6.48. The van der Waals surface area contributed by atoms with Crippen LogP contribution >= 0.6 is 0 Å². The lowest BCUT2D eigenvalue weighted by atomic mass is 10.2. The molecule has 1 aromatic heterocycles. The molecule has 0 fully saturated rings. The lowest BCUT2D eigenvalue weighted by Gasteiger charge is -2.11. The molecule has 0 radical (unpaired) electrons. The summed E-state index contributed by atoms with van der Waals surface area (Å²) < 4.78 is 5.22. The van der Waals surface area contributed by atoms with Crippen LogP contribution in [0.2, 0.25) is 0 Å². The minimum absolute atomic E-state index is 0.155. The van der Waals surface area contributed by atoms with Crippen molar-refractivity contribution in [3.8, 4) is 0 Å². The maximum absolute atomic E-state index is 11.1. The van der Waals surface area contributed by atoms with Crippen molar-refractivity contribution in [1.82, 2.24) is 10.1 Å². The van der Waals surface area contributed by atoms with Gasteiger partial charge in [-0.2, -0.15) is 4.98 Å². The van der Waals surface area contributed by atoms with Crippen LogP contribution in [-0.2, 0) is 0 Å². The molecule has 106 valence electrons. The summed E-state index contributed by atoms with van der Waals surface area (Å²) in [5.74, 6) is 0.955. The van der Waals surface area contributed by atoms with Crippen molar-refractivity contribution in [1.29, 1.82) is 0 Å². The van der Waals surface area contributed by atoms with Crippen LogP contribution in [-0.4, -0.2) is 16.0 Å². The summed E-state index contributed by atoms with van der Waals surface area (Å²) in [6.45, 7) is 5.92. The number of carbonyl (C=O) groups is 1. The zero-order valence-electron chi connectivity index (χ0n) is 11.8. The van der Waals surface area contributed by atoms with Crippen LogP contribution in [0.1, 0.15) is 54.8 Å². The molecule has 0 aliphatic rings. The number of rotatable bonds is 5. The van der Waals surface area contributed by atoms with Crippen molar-refractivity contribution in [2.45, 2.75) is 32.7 Å². The third kappa shape index (κ3) is 3.14. The summed E-state index contributed by atoms with van der Waals surface area (Å²) in [7, 11) is 0. The topological polar surface area (TPSA) is 94.0 Å². The Morgan fingerprint density at radius 3 is 2.70 bits per heavy atom. The normalized spacial score (nSPS) is 12.4. The van der Waals surface area contributed by atoms with Gasteiger partial charge in [0.25, 0.3) is 0 Å². The van der Waals surface area contributed by atoms with E-state index in [1.54, 1.807) is 18.2 Å². The van der Waals surface area contributed by atoms with Crippen LogP contribution in [0.5, 0.6) is 0 Å². The Bertz CT molecular complexity index is 607. The number of hydrogen-bond acceptors (Lipinski definition) is 5. The van der Waals surface area contributed by atoms with E-state index < -0.39 is 5.91 Å². The van der Waals surface area contributed by atoms with Gasteiger partial charge >= 0.3 is 0 Å². The molecule has 0 aliphatic heterocycles. The molecule has 1 amide bonds. The van der Waals surface area contributed by atoms with E-state index in [1.807, 2.05) is 26.8 Å². The van der Waals surface area contributed by atoms with Gasteiger partial charge in [-0.25, -0.2) is 0 Å². The minimum Gasteiger partial charge on any atom is -0.374 e. The standard InChI is InChI=1S/C14H18N4O2/c1-8(2)13-17-14(20-18-13)9(3)16-11-6-4-5-10(7-11)12(15)19/h4-9,16H,1-3H3,(H2,15,19). The van der Waals surface area contributed by atoms with Gasteiger partial charge in [-0.05, 0) is 25.1 Å². The summed E-state index contributed by atoms with van der Waals surface area (Å²) in [4.78, 5) is 15.5. The van der Waals surface area contributed by atoms with Gasteiger partial charge in [0.1, 0.15) is 6.04 Å². The second kappa shape index (κ2) is 5.73. The molecule has 2 rings (SSSR count). The van der Waals surface area contributed by atoms with E-state index in [1.165, 1.54) is 0 Å². The zero-order chi connectivity index (χ0) is 14.7. The number of nitrogens with zero attached hydrogens (tertiary/aromatic N) is 2. The monoisotopic (exact) mass is 274 g/mol. The molecule has 1 aromatic carbocycles. The molecule has 1 unspecified atom stereocenters. The molecule has 20 heavy (non-hydrogen) atoms. The Kier molecular flexibility index (Phi) is 4.02. The zero-order valence-corrected chi connectivity index (χ0v) is 11.8. The van der Waals surface area contributed by atoms with Crippen molar-refractivity contribution in [2.24, 2.45) is 5.73 Å². The molecular weight excluding hydrogens is 256 g/mol. The van der Waals surface area contributed by atoms with E-state index in [0.717, 1.165) is 5.69 Å². The molecule has 6 nitrogen and oxygen atoms in total. The Hall–Kier alpha value is -2.37. The van der Waals surface area contributed by atoms with Crippen LogP contribution in [0.4, 0.5) is 5.69 Å². The highest BCUT2D eigenvalue weighted by Crippen LogP contribution is 2.20. The molecule has 3 N–H and O–H groups in total. The smallest absolute Gasteiger partial charge is 0.248 e. The molecular formula is C14H18N4O2. The molecule has 0 spiro atoms. The van der Waals surface area contributed by atoms with Crippen molar-refractivity contribution >= 4 is 11.6 Å². The first-order valence-corrected chi connectivity index (χ1v) is 6.47. The summed E-state index contributed by atoms with van der Waals surface area (Å²) >= 11 is 0. The third-order valence-corrected chi connectivity index (χ3v) is 2.87. The number of nitrogens with one attached hydrogen (secondary N) is 1. The van der Waals surface area contributed by atoms with Crippen LogP contribution in [0.3, 0.4) is 0 Å². The lowest BCUT2D eigenvalue weighted by Crippen LogP contribution is -2.12. The number of carbonyl (C=O) groups excluding carboxylic acids is 1. The van der Waals surface area contributed by atoms with E-state index in [-0.39, 0.29) is 12.0 Å². The maximum atomic E-state index is 11.1. The fraction of sp³-hybridized carbons (Fsp3) is 0.357. The van der Waals surface area contributed by atoms with Gasteiger partial charge < -0.3 is 15.6 Å². The first-order valence-electron chi connectivity index (χ1n) is 6.47. The second-order valence-electron chi connectivity index (χ2n) is 4.96. The Morgan fingerprint density at radius 2 is 2.10 bits per heavy atom. The van der Waals surface area contributed by atoms with Crippen molar-refractivity contribution in [3.05, 3.63) is 41.5 Å². The number of anilines is 1. The molecule has 1 atom stereocenters. The van der Waals surface area contributed by atoms with Gasteiger partial charge in [-0.15, -0.1) is 0 Å². The summed E-state index contributed by atoms with van der Waals surface area (Å²) in [6.07, 6.45) is 0. The number of aromatic nitrogens is 2. The average Bonchev–Trinajstić information content (AvgIpc) is 2.88. The highest BCUT2D eigenvalue weighted by Gasteiger charge is 2.16. The fourth-order valence-corrected chi connectivity index (χ4v) is 1.73. The number of benzene rings is 1. The van der Waals surface area contributed by atoms with Crippen LogP contribution in [0, 0.1) is 0 Å². The SMILES string of the molecule is CC(C)c1noc(C(C)Nc2cccc(C(N)=O)c2)n1. The van der Waals surface area contributed by atoms with E-state index in [9.17, 15) is 4.79 Å². The van der Waals surface area contributed by atoms with E-state index >= 15 is 0 Å². The number of primary amides is 1. The average molecular weight is 274 g/mol. The van der Waals surface area contributed by atoms with Crippen molar-refractivity contribution in [3.63, 3.8) is 0 Å². The maximum Gasteiger partial charge on any atom is 0.248 e. The molecule has 6 heteroatoms. The van der Waals surface area contributed by atoms with Gasteiger partial charge in [0.05, 0.1) is 0 Å². The molecule has 0 bridgehead atoms. The van der Waals surface area contributed by atoms with E-state index in [2.05, 4.69) is 15.5 Å². The quantitative estimate of drug-likeness (QED) is 0.873. The molecule has 1 heterocycles. The van der Waals surface area contributed by atoms with Gasteiger partial charge in [0.15, 0.2) is 5.82 Å². The fourth-order valence-electron chi connectivity index (χ4n) is 1.73. The number of hydrogen-bond donors (Lipinski definition) is 2. The van der Waals surface area contributed by atoms with Crippen molar-refractivity contribution in [2.75, 3.05) is 5.32 Å². The Morgan fingerprint density at radius 1 is 1.35 bits per heavy atom. The van der Waals surface area contributed by atoms with Gasteiger partial charge in [0.2, 0.25) is 11.8 Å². The van der Waals surface area contributed by atoms with Gasteiger partial charge in [-0.1, -0.05) is 25.1 Å². The number of amides is 1. The first-order chi connectivity index (χ1) is 9.47. The summed E-state index contributed by atoms with van der Waals surface area (Å²) in [5, 5.41) is 7.13. The van der Waals surface area contributed by atoms with Crippen molar-refractivity contribution < 1.29 is 9.32 Å². The van der Waals surface area contributed by atoms with Gasteiger partial charge in [0, 0.05) is 17.2 Å². The van der Waals surface area contributed by atoms with Crippen LogP contribution in [0.15, 0.2) is 28.8 Å². The largest absolute Gasteiger partial charge is 0.374 e. The summed E-state index contributed by atoms with van der Waals surface area (Å²) in [6, 6.07) is 6.82. The van der Waals surface area contributed by atoms with Gasteiger partial charge in [-0.3, -0.25) is 4.79 Å². The van der Waals surface area contributed by atoms with E-state index in [0.29, 0.717) is 17.3 Å². The predicted octanol–water partition coefficient (Wildman–Crippen LogP) is 2.46. The highest BCUT2D eigenvalue weighted by atomic mass is 16.5. The van der Waals surface area contributed by atoms with Crippen LogP contribution < -0.4 is 11.1 Å². The minimum atomic E-state index is -0.457. The van der Waals surface area contributed by atoms with E-state index in [4.69, 9.17) is 10.3 Å². The third-order valence-electron chi connectivity index (χ3n) is 2.87. The molecule has 0 saturated carbocycles. The number of nitrogens with two attached hydrogens (primary N) is 1. The Labute approximate surface area is 117 Å². The second-order valence-corrected chi connectivity index (χ2v) is 4.96. The Balaban J connectivity index is 2.12. The molecule has 0 saturated heterocycles. The highest BCUT2D eigenvalue weighted by molar-refractivity contribution is 5.93. The molecule has 0 aliphatic carbocycles.